The number of ether oxygens (including phenoxy) is 1. The molecule has 1 aromatic carbocycles. The van der Waals surface area contributed by atoms with Crippen LogP contribution in [0, 0.1) is 13.8 Å². The number of phenols is 1. The molecule has 6 heteroatoms. The summed E-state index contributed by atoms with van der Waals surface area (Å²) in [6.45, 7) is 9.45. The van der Waals surface area contributed by atoms with E-state index in [1.54, 1.807) is 13.2 Å². The fourth-order valence-corrected chi connectivity index (χ4v) is 3.90. The maximum absolute atomic E-state index is 12.9. The highest BCUT2D eigenvalue weighted by Crippen LogP contribution is 2.26. The molecule has 0 unspecified atom stereocenters. The fourth-order valence-electron chi connectivity index (χ4n) is 3.90. The molecule has 2 heterocycles. The minimum absolute atomic E-state index is 0.206. The number of carbonyl (C=O) groups is 1. The van der Waals surface area contributed by atoms with E-state index < -0.39 is 0 Å². The summed E-state index contributed by atoms with van der Waals surface area (Å²) in [5.74, 6) is 0.526. The van der Waals surface area contributed by atoms with Crippen LogP contribution in [0.5, 0.6) is 5.75 Å². The average Bonchev–Trinajstić information content (AvgIpc) is 2.95. The van der Waals surface area contributed by atoms with Gasteiger partial charge in [-0.15, -0.1) is 0 Å². The minimum atomic E-state index is 0.206. The number of aromatic nitrogens is 1. The Bertz CT molecular complexity index is 792. The topological polar surface area (TPSA) is 59.1 Å². The van der Waals surface area contributed by atoms with Gasteiger partial charge in [-0.1, -0.05) is 12.1 Å². The largest absolute Gasteiger partial charge is 0.506 e. The molecule has 1 fully saturated rings. The van der Waals surface area contributed by atoms with Crippen LogP contribution in [0.3, 0.4) is 0 Å². The van der Waals surface area contributed by atoms with Gasteiger partial charge in [0.15, 0.2) is 0 Å². The van der Waals surface area contributed by atoms with Crippen LogP contribution in [0.1, 0.15) is 21.7 Å². The summed E-state index contributed by atoms with van der Waals surface area (Å²) in [6.07, 6.45) is 0. The fraction of sp³-hybridized carbons (Fsp3) is 0.476. The average molecular weight is 372 g/mol. The zero-order valence-electron chi connectivity index (χ0n) is 16.5. The number of nitrogens with one attached hydrogen (secondary N) is 1. The number of aromatic hydroxyl groups is 1. The van der Waals surface area contributed by atoms with Crippen LogP contribution < -0.4 is 9.80 Å². The van der Waals surface area contributed by atoms with Crippen molar-refractivity contribution in [3.63, 3.8) is 0 Å². The third kappa shape index (κ3) is 4.34. The van der Waals surface area contributed by atoms with Crippen LogP contribution in [0.4, 0.5) is 5.69 Å². The number of rotatable bonds is 7. The van der Waals surface area contributed by atoms with Gasteiger partial charge in [0, 0.05) is 30.6 Å². The zero-order chi connectivity index (χ0) is 19.4. The summed E-state index contributed by atoms with van der Waals surface area (Å²) in [5, 5.41) is 10.0. The first kappa shape index (κ1) is 19.5. The standard InChI is InChI=1S/C21H29N3O3/c1-16-14-18(17(2)24(16)12-13-27-3)21(26)15-22-8-10-23(11-9-22)19-6-4-5-7-20(19)25/h4-7,14,25H,8-13,15H2,1-3H3/p+1. The van der Waals surface area contributed by atoms with E-state index in [9.17, 15) is 9.90 Å². The number of anilines is 1. The van der Waals surface area contributed by atoms with Crippen LogP contribution in [-0.2, 0) is 11.3 Å². The number of methoxy groups -OCH3 is 1. The van der Waals surface area contributed by atoms with Crippen LogP contribution >= 0.6 is 0 Å². The highest BCUT2D eigenvalue weighted by Gasteiger charge is 2.25. The van der Waals surface area contributed by atoms with Crippen molar-refractivity contribution in [1.29, 1.82) is 0 Å². The lowest BCUT2D eigenvalue weighted by Gasteiger charge is -2.33. The van der Waals surface area contributed by atoms with E-state index in [-0.39, 0.29) is 5.78 Å². The Hall–Kier alpha value is -2.31. The van der Waals surface area contributed by atoms with Gasteiger partial charge in [0.2, 0.25) is 5.78 Å². The number of Topliss-reactive ketones (excluding diaryl/α,β-unsaturated/α-hetero) is 1. The summed E-state index contributed by atoms with van der Waals surface area (Å²) in [6, 6.07) is 9.45. The molecule has 1 aliphatic rings. The second kappa shape index (κ2) is 8.59. The lowest BCUT2D eigenvalue weighted by molar-refractivity contribution is -0.892. The monoisotopic (exact) mass is 372 g/mol. The van der Waals surface area contributed by atoms with Crippen molar-refractivity contribution in [2.75, 3.05) is 51.3 Å². The maximum atomic E-state index is 12.9. The molecule has 2 aromatic rings. The van der Waals surface area contributed by atoms with Crippen LogP contribution in [0.25, 0.3) is 0 Å². The van der Waals surface area contributed by atoms with Gasteiger partial charge in [0.25, 0.3) is 0 Å². The molecule has 0 atom stereocenters. The number of nitrogens with zero attached hydrogens (tertiary/aromatic N) is 2. The van der Waals surface area contributed by atoms with Gasteiger partial charge in [-0.05, 0) is 32.0 Å². The summed E-state index contributed by atoms with van der Waals surface area (Å²) in [4.78, 5) is 16.4. The molecule has 0 aliphatic carbocycles. The normalized spacial score (nSPS) is 15.3. The molecule has 0 saturated carbocycles. The molecule has 2 N–H and O–H groups in total. The molecule has 0 bridgehead atoms. The summed E-state index contributed by atoms with van der Waals surface area (Å²) in [7, 11) is 1.69. The van der Waals surface area contributed by atoms with Gasteiger partial charge in [0.1, 0.15) is 12.3 Å². The van der Waals surface area contributed by atoms with Gasteiger partial charge >= 0.3 is 0 Å². The third-order valence-corrected chi connectivity index (χ3v) is 5.50. The molecule has 146 valence electrons. The Morgan fingerprint density at radius 3 is 2.59 bits per heavy atom. The maximum Gasteiger partial charge on any atom is 0.218 e. The molecular formula is C21H30N3O3+. The van der Waals surface area contributed by atoms with E-state index in [0.29, 0.717) is 18.9 Å². The van der Waals surface area contributed by atoms with Gasteiger partial charge in [-0.2, -0.15) is 0 Å². The number of carbonyl (C=O) groups excluding carboxylic acids is 1. The highest BCUT2D eigenvalue weighted by atomic mass is 16.5. The summed E-state index contributed by atoms with van der Waals surface area (Å²) in [5.41, 5.74) is 3.85. The molecule has 0 radical (unpaired) electrons. The quantitative estimate of drug-likeness (QED) is 0.713. The second-order valence-corrected chi connectivity index (χ2v) is 7.25. The minimum Gasteiger partial charge on any atom is -0.506 e. The predicted molar refractivity (Wildman–Crippen MR) is 106 cm³/mol. The smallest absolute Gasteiger partial charge is 0.218 e. The van der Waals surface area contributed by atoms with Crippen LogP contribution in [0.15, 0.2) is 30.3 Å². The van der Waals surface area contributed by atoms with Crippen molar-refractivity contribution in [2.24, 2.45) is 0 Å². The number of hydrogen-bond acceptors (Lipinski definition) is 4. The van der Waals surface area contributed by atoms with Crippen molar-refractivity contribution < 1.29 is 19.5 Å². The van der Waals surface area contributed by atoms with Crippen molar-refractivity contribution >= 4 is 11.5 Å². The number of ketones is 1. The zero-order valence-corrected chi connectivity index (χ0v) is 16.5. The van der Waals surface area contributed by atoms with Gasteiger partial charge in [0.05, 0.1) is 38.5 Å². The Morgan fingerprint density at radius 2 is 1.93 bits per heavy atom. The first-order valence-corrected chi connectivity index (χ1v) is 9.56. The molecule has 1 saturated heterocycles. The van der Waals surface area contributed by atoms with E-state index in [4.69, 9.17) is 4.74 Å². The Kier molecular flexibility index (Phi) is 6.19. The molecule has 27 heavy (non-hydrogen) atoms. The number of hydrogen-bond donors (Lipinski definition) is 2. The lowest BCUT2D eigenvalue weighted by Crippen LogP contribution is -3.15. The Morgan fingerprint density at radius 1 is 1.22 bits per heavy atom. The van der Waals surface area contributed by atoms with E-state index in [1.165, 1.54) is 4.90 Å². The molecule has 1 aromatic heterocycles. The SMILES string of the molecule is COCCn1c(C)cc(C(=O)C[NH+]2CCN(c3ccccc3O)CC2)c1C. The molecule has 0 spiro atoms. The molecule has 3 rings (SSSR count). The number of para-hydroxylation sites is 2. The predicted octanol–water partition coefficient (Wildman–Crippen LogP) is 1.04. The van der Waals surface area contributed by atoms with Crippen molar-refractivity contribution in [3.8, 4) is 5.75 Å². The van der Waals surface area contributed by atoms with Gasteiger partial charge in [-0.25, -0.2) is 0 Å². The van der Waals surface area contributed by atoms with E-state index >= 15 is 0 Å². The number of aryl methyl sites for hydroxylation is 1. The number of quaternary nitrogens is 1. The van der Waals surface area contributed by atoms with Crippen molar-refractivity contribution in [2.45, 2.75) is 20.4 Å². The highest BCUT2D eigenvalue weighted by molar-refractivity contribution is 5.98. The van der Waals surface area contributed by atoms with Crippen LogP contribution in [-0.4, -0.2) is 61.9 Å². The molecule has 6 nitrogen and oxygen atoms in total. The number of piperazine rings is 1. The first-order valence-electron chi connectivity index (χ1n) is 9.56. The van der Waals surface area contributed by atoms with Gasteiger partial charge < -0.3 is 24.2 Å². The molecular weight excluding hydrogens is 342 g/mol. The van der Waals surface area contributed by atoms with Gasteiger partial charge in [-0.3, -0.25) is 4.79 Å². The van der Waals surface area contributed by atoms with E-state index in [2.05, 4.69) is 9.47 Å². The van der Waals surface area contributed by atoms with E-state index in [1.807, 2.05) is 38.1 Å². The number of phenolic OH excluding ortho intramolecular Hbond substituents is 1. The summed E-state index contributed by atoms with van der Waals surface area (Å²) < 4.78 is 7.32. The third-order valence-electron chi connectivity index (χ3n) is 5.50. The number of benzene rings is 1. The Balaban J connectivity index is 1.59. The summed E-state index contributed by atoms with van der Waals surface area (Å²) >= 11 is 0. The van der Waals surface area contributed by atoms with E-state index in [0.717, 1.165) is 55.4 Å². The van der Waals surface area contributed by atoms with Crippen molar-refractivity contribution in [3.05, 3.63) is 47.3 Å². The van der Waals surface area contributed by atoms with Crippen molar-refractivity contribution in [1.82, 2.24) is 4.57 Å². The first-order chi connectivity index (χ1) is 13.0. The Labute approximate surface area is 161 Å². The second-order valence-electron chi connectivity index (χ2n) is 7.25. The van der Waals surface area contributed by atoms with Crippen LogP contribution in [0.2, 0.25) is 0 Å². The molecule has 1 aliphatic heterocycles. The molecule has 0 amide bonds. The lowest BCUT2D eigenvalue weighted by atomic mass is 10.1.